The van der Waals surface area contributed by atoms with Gasteiger partial charge >= 0.3 is 0 Å². The lowest BCUT2D eigenvalue weighted by atomic mass is 9.94. The van der Waals surface area contributed by atoms with Crippen molar-refractivity contribution in [1.29, 1.82) is 0 Å². The fraction of sp³-hybridized carbons (Fsp3) is 0.529. The largest absolute Gasteiger partial charge is 0.347 e. The summed E-state index contributed by atoms with van der Waals surface area (Å²) in [5, 5.41) is 0.264. The number of likely N-dealkylation sites (N-methyl/N-ethyl adjacent to an activating group) is 1. The van der Waals surface area contributed by atoms with Crippen LogP contribution >= 0.6 is 11.6 Å². The number of pyridine rings is 1. The highest BCUT2D eigenvalue weighted by atomic mass is 35.5. The van der Waals surface area contributed by atoms with E-state index in [1.54, 1.807) is 19.0 Å². The molecule has 1 aromatic heterocycles. The summed E-state index contributed by atoms with van der Waals surface area (Å²) in [6.45, 7) is 0.549. The summed E-state index contributed by atoms with van der Waals surface area (Å²) in [5.74, 6) is -1.06. The third kappa shape index (κ3) is 3.46. The molecule has 0 radical (unpaired) electrons. The predicted molar refractivity (Wildman–Crippen MR) is 94.9 cm³/mol. The summed E-state index contributed by atoms with van der Waals surface area (Å²) < 4.78 is 0. The number of halogens is 1. The van der Waals surface area contributed by atoms with E-state index < -0.39 is 11.5 Å². The highest BCUT2D eigenvalue weighted by Gasteiger charge is 2.43. The Labute approximate surface area is 155 Å². The molecule has 2 bridgehead atoms. The second-order valence-electron chi connectivity index (χ2n) is 6.95. The van der Waals surface area contributed by atoms with Crippen LogP contribution < -0.4 is 5.56 Å². The van der Waals surface area contributed by atoms with Gasteiger partial charge in [0.05, 0.1) is 10.9 Å². The lowest BCUT2D eigenvalue weighted by molar-refractivity contribution is -0.145. The molecule has 3 fully saturated rings. The minimum Gasteiger partial charge on any atom is -0.347 e. The monoisotopic (exact) mass is 380 g/mol. The number of nitrogens with one attached hydrogen (secondary N) is 1. The van der Waals surface area contributed by atoms with Crippen LogP contribution in [-0.4, -0.2) is 77.2 Å². The SMILES string of the molecule is CN(C)C(=O)CN1C(=O)[C@@H]2CC[C@H]1CN(C(=O)c1cc(Cl)c[nH]c1=O)C2. The van der Waals surface area contributed by atoms with Gasteiger partial charge in [-0.1, -0.05) is 11.6 Å². The smallest absolute Gasteiger partial charge is 0.260 e. The Morgan fingerprint density at radius 2 is 2.00 bits per heavy atom. The van der Waals surface area contributed by atoms with Crippen LogP contribution in [0, 0.1) is 5.92 Å². The topological polar surface area (TPSA) is 93.8 Å². The molecule has 1 aromatic rings. The van der Waals surface area contributed by atoms with Gasteiger partial charge in [-0.3, -0.25) is 19.2 Å². The number of nitrogens with zero attached hydrogens (tertiary/aromatic N) is 3. The van der Waals surface area contributed by atoms with Gasteiger partial charge in [0.1, 0.15) is 12.1 Å². The summed E-state index contributed by atoms with van der Waals surface area (Å²) in [5.41, 5.74) is -0.552. The molecule has 0 aliphatic carbocycles. The van der Waals surface area contributed by atoms with Gasteiger partial charge in [-0.2, -0.15) is 0 Å². The Morgan fingerprint density at radius 1 is 1.27 bits per heavy atom. The number of H-pyrrole nitrogens is 1. The number of aromatic nitrogens is 1. The summed E-state index contributed by atoms with van der Waals surface area (Å²) >= 11 is 5.89. The highest BCUT2D eigenvalue weighted by molar-refractivity contribution is 6.30. The van der Waals surface area contributed by atoms with E-state index in [0.29, 0.717) is 13.0 Å². The van der Waals surface area contributed by atoms with Crippen LogP contribution in [0.3, 0.4) is 0 Å². The van der Waals surface area contributed by atoms with Gasteiger partial charge in [0.25, 0.3) is 11.5 Å². The van der Waals surface area contributed by atoms with E-state index in [1.807, 2.05) is 0 Å². The lowest BCUT2D eigenvalue weighted by Crippen LogP contribution is -2.51. The Morgan fingerprint density at radius 3 is 2.69 bits per heavy atom. The molecule has 4 heterocycles. The van der Waals surface area contributed by atoms with Crippen LogP contribution in [-0.2, 0) is 9.59 Å². The first kappa shape index (κ1) is 18.4. The van der Waals surface area contributed by atoms with Gasteiger partial charge in [-0.25, -0.2) is 0 Å². The Kier molecular flexibility index (Phi) is 5.04. The maximum atomic E-state index is 12.8. The van der Waals surface area contributed by atoms with Crippen molar-refractivity contribution in [3.05, 3.63) is 33.2 Å². The van der Waals surface area contributed by atoms with E-state index in [2.05, 4.69) is 4.98 Å². The first-order valence-electron chi connectivity index (χ1n) is 8.46. The van der Waals surface area contributed by atoms with E-state index in [4.69, 9.17) is 11.6 Å². The number of fused-ring (bicyclic) bond motifs is 4. The number of aromatic amines is 1. The summed E-state index contributed by atoms with van der Waals surface area (Å²) in [6, 6.07) is 1.11. The second kappa shape index (κ2) is 7.11. The molecule has 9 heteroatoms. The summed E-state index contributed by atoms with van der Waals surface area (Å²) in [6.07, 6.45) is 2.73. The molecule has 0 saturated carbocycles. The number of carbonyl (C=O) groups excluding carboxylic acids is 3. The number of carbonyl (C=O) groups is 3. The molecule has 2 atom stereocenters. The molecule has 3 aliphatic heterocycles. The second-order valence-corrected chi connectivity index (χ2v) is 7.39. The molecule has 26 heavy (non-hydrogen) atoms. The van der Waals surface area contributed by atoms with Crippen molar-refractivity contribution in [2.75, 3.05) is 33.7 Å². The van der Waals surface area contributed by atoms with E-state index in [0.717, 1.165) is 6.42 Å². The van der Waals surface area contributed by atoms with Crippen molar-refractivity contribution in [2.24, 2.45) is 5.92 Å². The molecule has 8 nitrogen and oxygen atoms in total. The van der Waals surface area contributed by atoms with Crippen molar-refractivity contribution in [2.45, 2.75) is 18.9 Å². The summed E-state index contributed by atoms with van der Waals surface area (Å²) in [4.78, 5) is 56.6. The quantitative estimate of drug-likeness (QED) is 0.809. The Balaban J connectivity index is 1.84. The van der Waals surface area contributed by atoms with Crippen LogP contribution in [0.1, 0.15) is 23.2 Å². The van der Waals surface area contributed by atoms with Crippen LogP contribution in [0.4, 0.5) is 0 Å². The van der Waals surface area contributed by atoms with Crippen LogP contribution in [0.2, 0.25) is 5.02 Å². The van der Waals surface area contributed by atoms with Gasteiger partial charge in [-0.15, -0.1) is 0 Å². The molecule has 1 N–H and O–H groups in total. The van der Waals surface area contributed by atoms with Crippen molar-refractivity contribution in [1.82, 2.24) is 19.7 Å². The fourth-order valence-corrected chi connectivity index (χ4v) is 3.65. The molecule has 3 saturated heterocycles. The fourth-order valence-electron chi connectivity index (χ4n) is 3.49. The van der Waals surface area contributed by atoms with Crippen molar-refractivity contribution in [3.63, 3.8) is 0 Å². The van der Waals surface area contributed by atoms with Crippen LogP contribution in [0.15, 0.2) is 17.1 Å². The normalized spacial score (nSPS) is 22.3. The maximum absolute atomic E-state index is 12.8. The highest BCUT2D eigenvalue weighted by Crippen LogP contribution is 2.29. The van der Waals surface area contributed by atoms with E-state index in [9.17, 15) is 19.2 Å². The van der Waals surface area contributed by atoms with E-state index in [-0.39, 0.29) is 47.4 Å². The average molecular weight is 381 g/mol. The zero-order valence-corrected chi connectivity index (χ0v) is 15.5. The molecule has 3 aliphatic rings. The summed E-state index contributed by atoms with van der Waals surface area (Å²) in [7, 11) is 3.29. The molecule has 0 aromatic carbocycles. The first-order valence-corrected chi connectivity index (χ1v) is 8.84. The molecule has 3 amide bonds. The molecule has 0 unspecified atom stereocenters. The minimum absolute atomic E-state index is 0.00673. The van der Waals surface area contributed by atoms with Gasteiger partial charge in [0, 0.05) is 39.4 Å². The third-order valence-electron chi connectivity index (χ3n) is 4.98. The number of rotatable bonds is 3. The third-order valence-corrected chi connectivity index (χ3v) is 5.20. The lowest BCUT2D eigenvalue weighted by Gasteiger charge is -2.35. The van der Waals surface area contributed by atoms with Crippen LogP contribution in [0.5, 0.6) is 0 Å². The zero-order chi connectivity index (χ0) is 19.0. The molecule has 4 rings (SSSR count). The number of amides is 3. The standard InChI is InChI=1S/C17H21ClN4O4/c1-20(2)14(23)9-22-12-4-3-10(16(22)25)7-21(8-12)17(26)13-5-11(18)6-19-15(13)24/h5-6,10,12H,3-4,7-9H2,1-2H3,(H,19,24)/t10-,12+/m1/s1. The number of piperidine rings is 1. The first-order chi connectivity index (χ1) is 12.3. The number of hydrogen-bond donors (Lipinski definition) is 1. The van der Waals surface area contributed by atoms with Crippen molar-refractivity contribution in [3.8, 4) is 0 Å². The predicted octanol–water partition coefficient (Wildman–Crippen LogP) is 0.180. The number of hydrogen-bond acceptors (Lipinski definition) is 4. The zero-order valence-electron chi connectivity index (χ0n) is 14.7. The van der Waals surface area contributed by atoms with Gasteiger partial charge < -0.3 is 19.7 Å². The van der Waals surface area contributed by atoms with Gasteiger partial charge in [-0.05, 0) is 18.9 Å². The van der Waals surface area contributed by atoms with E-state index >= 15 is 0 Å². The van der Waals surface area contributed by atoms with E-state index in [1.165, 1.54) is 22.1 Å². The molecule has 140 valence electrons. The molecular formula is C17H21ClN4O4. The van der Waals surface area contributed by atoms with Gasteiger partial charge in [0.2, 0.25) is 11.8 Å². The maximum Gasteiger partial charge on any atom is 0.260 e. The Bertz CT molecular complexity index is 806. The molecular weight excluding hydrogens is 360 g/mol. The minimum atomic E-state index is -0.512. The Hall–Kier alpha value is -2.35. The molecule has 0 spiro atoms. The van der Waals surface area contributed by atoms with Crippen molar-refractivity contribution >= 4 is 29.3 Å². The van der Waals surface area contributed by atoms with Crippen molar-refractivity contribution < 1.29 is 14.4 Å². The van der Waals surface area contributed by atoms with Crippen LogP contribution in [0.25, 0.3) is 0 Å². The average Bonchev–Trinajstić information content (AvgIpc) is 2.89. The van der Waals surface area contributed by atoms with Gasteiger partial charge in [0.15, 0.2) is 0 Å².